The van der Waals surface area contributed by atoms with Crippen LogP contribution in [0.25, 0.3) is 0 Å². The van der Waals surface area contributed by atoms with Gasteiger partial charge >= 0.3 is 0 Å². The highest BCUT2D eigenvalue weighted by molar-refractivity contribution is 5.15. The third-order valence-electron chi connectivity index (χ3n) is 5.68. The lowest BCUT2D eigenvalue weighted by Crippen LogP contribution is -2.63. The summed E-state index contributed by atoms with van der Waals surface area (Å²) in [5.41, 5.74) is 9.42. The average molecular weight is 450 g/mol. The van der Waals surface area contributed by atoms with E-state index in [0.717, 1.165) is 16.7 Å². The van der Waals surface area contributed by atoms with E-state index in [0.29, 0.717) is 19.8 Å². The van der Waals surface area contributed by atoms with Gasteiger partial charge in [-0.15, -0.1) is 0 Å². The Balaban J connectivity index is 1.46. The molecule has 0 unspecified atom stereocenters. The molecule has 3 aromatic rings. The number of hydrogen-bond acceptors (Lipinski definition) is 6. The van der Waals surface area contributed by atoms with E-state index in [2.05, 4.69) is 0 Å². The van der Waals surface area contributed by atoms with Crippen LogP contribution in [0, 0.1) is 0 Å². The van der Waals surface area contributed by atoms with E-state index < -0.39 is 30.6 Å². The van der Waals surface area contributed by atoms with Gasteiger partial charge in [0.1, 0.15) is 18.3 Å². The van der Waals surface area contributed by atoms with Gasteiger partial charge in [-0.3, -0.25) is 0 Å². The molecule has 1 aliphatic heterocycles. The lowest BCUT2D eigenvalue weighted by molar-refractivity contribution is -0.273. The number of aliphatic hydroxyl groups excluding tert-OH is 1. The molecule has 5 atom stereocenters. The third-order valence-corrected chi connectivity index (χ3v) is 5.68. The summed E-state index contributed by atoms with van der Waals surface area (Å²) < 4.78 is 24.2. The van der Waals surface area contributed by atoms with Crippen LogP contribution < -0.4 is 5.73 Å². The standard InChI is InChI=1S/C27H31NO5/c28-24-26(32-18-22-14-8-3-9-15-22)25(31-17-21-12-6-2-7-13-21)23(33-27(24)29)19-30-16-20-10-4-1-5-11-20/h1-15,23-27,29H,16-19,28H2/t23-,24-,25-,26-,27+/m0/s1. The van der Waals surface area contributed by atoms with Crippen LogP contribution in [-0.4, -0.2) is 42.4 Å². The van der Waals surface area contributed by atoms with Gasteiger partial charge in [0, 0.05) is 0 Å². The maximum atomic E-state index is 10.5. The van der Waals surface area contributed by atoms with Gasteiger partial charge in [0.2, 0.25) is 0 Å². The number of rotatable bonds is 10. The Morgan fingerprint density at radius 1 is 0.667 bits per heavy atom. The van der Waals surface area contributed by atoms with Gasteiger partial charge in [0.25, 0.3) is 0 Å². The molecule has 0 aromatic heterocycles. The highest BCUT2D eigenvalue weighted by Crippen LogP contribution is 2.26. The predicted octanol–water partition coefficient (Wildman–Crippen LogP) is 3.42. The van der Waals surface area contributed by atoms with Crippen molar-refractivity contribution in [3.63, 3.8) is 0 Å². The number of nitrogens with two attached hydrogens (primary N) is 1. The van der Waals surface area contributed by atoms with Crippen molar-refractivity contribution >= 4 is 0 Å². The summed E-state index contributed by atoms with van der Waals surface area (Å²) in [6, 6.07) is 28.9. The Kier molecular flexibility index (Phi) is 8.60. The van der Waals surface area contributed by atoms with Crippen LogP contribution in [0.2, 0.25) is 0 Å². The lowest BCUT2D eigenvalue weighted by Gasteiger charge is -2.43. The molecule has 0 spiro atoms. The molecule has 6 nitrogen and oxygen atoms in total. The summed E-state index contributed by atoms with van der Waals surface area (Å²) in [6.07, 6.45) is -2.79. The molecule has 0 radical (unpaired) electrons. The van der Waals surface area contributed by atoms with E-state index in [4.69, 9.17) is 24.7 Å². The molecule has 0 bridgehead atoms. The number of aliphatic hydroxyl groups is 1. The van der Waals surface area contributed by atoms with Crippen LogP contribution >= 0.6 is 0 Å². The van der Waals surface area contributed by atoms with Gasteiger partial charge in [-0.25, -0.2) is 0 Å². The SMILES string of the molecule is N[C@H]1[C@H](OCc2ccccc2)[C@@H](OCc2ccccc2)[C@H](COCc2ccccc2)O[C@H]1O. The van der Waals surface area contributed by atoms with E-state index in [1.54, 1.807) is 0 Å². The molecule has 0 amide bonds. The maximum absolute atomic E-state index is 10.5. The molecule has 33 heavy (non-hydrogen) atoms. The van der Waals surface area contributed by atoms with Crippen molar-refractivity contribution in [2.24, 2.45) is 5.73 Å². The monoisotopic (exact) mass is 449 g/mol. The predicted molar refractivity (Wildman–Crippen MR) is 125 cm³/mol. The minimum absolute atomic E-state index is 0.239. The van der Waals surface area contributed by atoms with Gasteiger partial charge in [0.05, 0.1) is 32.5 Å². The van der Waals surface area contributed by atoms with Crippen molar-refractivity contribution in [1.82, 2.24) is 0 Å². The Morgan fingerprint density at radius 2 is 1.12 bits per heavy atom. The zero-order valence-corrected chi connectivity index (χ0v) is 18.5. The number of hydrogen-bond donors (Lipinski definition) is 2. The van der Waals surface area contributed by atoms with Crippen LogP contribution in [0.4, 0.5) is 0 Å². The van der Waals surface area contributed by atoms with Crippen LogP contribution in [0.1, 0.15) is 16.7 Å². The molecule has 6 heteroatoms. The van der Waals surface area contributed by atoms with Crippen molar-refractivity contribution in [2.45, 2.75) is 50.5 Å². The molecule has 0 saturated carbocycles. The summed E-state index contributed by atoms with van der Waals surface area (Å²) in [5.74, 6) is 0. The molecular formula is C27H31NO5. The molecule has 3 N–H and O–H groups in total. The molecule has 3 aromatic carbocycles. The van der Waals surface area contributed by atoms with Gasteiger partial charge in [0.15, 0.2) is 6.29 Å². The quantitative estimate of drug-likeness (QED) is 0.494. The second-order valence-corrected chi connectivity index (χ2v) is 8.17. The molecule has 174 valence electrons. The average Bonchev–Trinajstić information content (AvgIpc) is 2.86. The Labute approximate surface area is 194 Å². The maximum Gasteiger partial charge on any atom is 0.173 e. The fourth-order valence-corrected chi connectivity index (χ4v) is 3.88. The fraction of sp³-hybridized carbons (Fsp3) is 0.333. The van der Waals surface area contributed by atoms with E-state index in [-0.39, 0.29) is 6.61 Å². The number of benzene rings is 3. The zero-order chi connectivity index (χ0) is 22.9. The Bertz CT molecular complexity index is 941. The van der Waals surface area contributed by atoms with Crippen LogP contribution in [0.5, 0.6) is 0 Å². The minimum atomic E-state index is -1.17. The van der Waals surface area contributed by atoms with Crippen LogP contribution in [0.15, 0.2) is 91.0 Å². The Morgan fingerprint density at radius 3 is 1.64 bits per heavy atom. The molecule has 1 fully saturated rings. The summed E-state index contributed by atoms with van der Waals surface area (Å²) in [5, 5.41) is 10.5. The van der Waals surface area contributed by atoms with Gasteiger partial charge in [-0.1, -0.05) is 91.0 Å². The van der Waals surface area contributed by atoms with Gasteiger partial charge in [-0.2, -0.15) is 0 Å². The highest BCUT2D eigenvalue weighted by atomic mass is 16.7. The van der Waals surface area contributed by atoms with Crippen LogP contribution in [-0.2, 0) is 38.8 Å². The van der Waals surface area contributed by atoms with Crippen molar-refractivity contribution in [3.8, 4) is 0 Å². The first-order valence-corrected chi connectivity index (χ1v) is 11.2. The summed E-state index contributed by atoms with van der Waals surface area (Å²) in [4.78, 5) is 0. The minimum Gasteiger partial charge on any atom is -0.374 e. The fourth-order valence-electron chi connectivity index (χ4n) is 3.88. The van der Waals surface area contributed by atoms with Crippen molar-refractivity contribution < 1.29 is 24.1 Å². The van der Waals surface area contributed by atoms with E-state index in [1.165, 1.54) is 0 Å². The zero-order valence-electron chi connectivity index (χ0n) is 18.5. The highest BCUT2D eigenvalue weighted by Gasteiger charge is 2.45. The van der Waals surface area contributed by atoms with Crippen molar-refractivity contribution in [3.05, 3.63) is 108 Å². The summed E-state index contributed by atoms with van der Waals surface area (Å²) >= 11 is 0. The summed E-state index contributed by atoms with van der Waals surface area (Å²) in [7, 11) is 0. The molecule has 0 aliphatic carbocycles. The van der Waals surface area contributed by atoms with Crippen LogP contribution in [0.3, 0.4) is 0 Å². The normalized spacial score (nSPS) is 25.1. The molecular weight excluding hydrogens is 418 g/mol. The van der Waals surface area contributed by atoms with E-state index in [9.17, 15) is 5.11 Å². The second kappa shape index (κ2) is 12.0. The Hall–Kier alpha value is -2.58. The first-order chi connectivity index (χ1) is 16.2. The second-order valence-electron chi connectivity index (χ2n) is 8.17. The van der Waals surface area contributed by atoms with Gasteiger partial charge in [-0.05, 0) is 16.7 Å². The molecule has 1 heterocycles. The largest absolute Gasteiger partial charge is 0.374 e. The molecule has 4 rings (SSSR count). The van der Waals surface area contributed by atoms with E-state index in [1.807, 2.05) is 91.0 Å². The smallest absolute Gasteiger partial charge is 0.173 e. The topological polar surface area (TPSA) is 83.2 Å². The number of ether oxygens (including phenoxy) is 4. The lowest BCUT2D eigenvalue weighted by atomic mass is 9.97. The van der Waals surface area contributed by atoms with E-state index >= 15 is 0 Å². The first kappa shape index (κ1) is 23.6. The molecule has 1 saturated heterocycles. The summed E-state index contributed by atoms with van der Waals surface area (Å²) in [6.45, 7) is 1.40. The molecule has 1 aliphatic rings. The van der Waals surface area contributed by atoms with Crippen molar-refractivity contribution in [2.75, 3.05) is 6.61 Å². The van der Waals surface area contributed by atoms with Gasteiger partial charge < -0.3 is 29.8 Å². The first-order valence-electron chi connectivity index (χ1n) is 11.2. The third kappa shape index (κ3) is 6.71. The van der Waals surface area contributed by atoms with Crippen molar-refractivity contribution in [1.29, 1.82) is 0 Å².